The number of benzene rings is 2. The predicted octanol–water partition coefficient (Wildman–Crippen LogP) is 3.60. The lowest BCUT2D eigenvalue weighted by Crippen LogP contribution is -2.04. The molecule has 0 aromatic heterocycles. The van der Waals surface area contributed by atoms with Crippen LogP contribution in [-0.2, 0) is 6.54 Å². The Bertz CT molecular complexity index is 662. The Labute approximate surface area is 127 Å². The van der Waals surface area contributed by atoms with E-state index in [0.717, 1.165) is 17.7 Å². The maximum absolute atomic E-state index is 13.2. The van der Waals surface area contributed by atoms with Gasteiger partial charge in [-0.25, -0.2) is 8.78 Å². The van der Waals surface area contributed by atoms with Crippen molar-refractivity contribution < 1.29 is 23.0 Å². The van der Waals surface area contributed by atoms with E-state index in [-0.39, 0.29) is 0 Å². The van der Waals surface area contributed by atoms with Gasteiger partial charge in [-0.05, 0) is 18.2 Å². The van der Waals surface area contributed by atoms with Gasteiger partial charge in [-0.2, -0.15) is 0 Å². The van der Waals surface area contributed by atoms with Crippen LogP contribution >= 0.6 is 0 Å². The van der Waals surface area contributed by atoms with Crippen LogP contribution in [0.3, 0.4) is 0 Å². The van der Waals surface area contributed by atoms with E-state index >= 15 is 0 Å². The van der Waals surface area contributed by atoms with Crippen LogP contribution < -0.4 is 19.5 Å². The van der Waals surface area contributed by atoms with Crippen LogP contribution in [0.15, 0.2) is 30.3 Å². The summed E-state index contributed by atoms with van der Waals surface area (Å²) in [4.78, 5) is 0. The van der Waals surface area contributed by atoms with Gasteiger partial charge in [-0.1, -0.05) is 0 Å². The van der Waals surface area contributed by atoms with Gasteiger partial charge in [0.15, 0.2) is 23.1 Å². The quantitative estimate of drug-likeness (QED) is 0.885. The molecule has 0 radical (unpaired) electrons. The predicted molar refractivity (Wildman–Crippen MR) is 79.8 cm³/mol. The molecule has 2 rings (SSSR count). The number of hydrogen-bond donors (Lipinski definition) is 1. The van der Waals surface area contributed by atoms with E-state index in [1.165, 1.54) is 20.3 Å². The summed E-state index contributed by atoms with van der Waals surface area (Å²) in [5.41, 5.74) is 1.26. The van der Waals surface area contributed by atoms with E-state index in [1.807, 2.05) is 0 Å². The van der Waals surface area contributed by atoms with E-state index in [0.29, 0.717) is 29.5 Å². The zero-order valence-electron chi connectivity index (χ0n) is 12.6. The minimum atomic E-state index is -0.899. The topological polar surface area (TPSA) is 39.7 Å². The smallest absolute Gasteiger partial charge is 0.164 e. The molecule has 1 N–H and O–H groups in total. The monoisotopic (exact) mass is 309 g/mol. The van der Waals surface area contributed by atoms with Gasteiger partial charge >= 0.3 is 0 Å². The highest BCUT2D eigenvalue weighted by Gasteiger charge is 2.12. The Hall–Kier alpha value is -2.50. The molecule has 0 heterocycles. The van der Waals surface area contributed by atoms with Gasteiger partial charge in [-0.3, -0.25) is 0 Å². The zero-order valence-corrected chi connectivity index (χ0v) is 12.6. The third-order valence-corrected chi connectivity index (χ3v) is 3.19. The molecule has 2 aromatic carbocycles. The number of methoxy groups -OCH3 is 3. The molecule has 6 heteroatoms. The summed E-state index contributed by atoms with van der Waals surface area (Å²) < 4.78 is 41.9. The first-order valence-corrected chi connectivity index (χ1v) is 6.56. The van der Waals surface area contributed by atoms with Crippen molar-refractivity contribution in [3.63, 3.8) is 0 Å². The number of ether oxygens (including phenoxy) is 3. The minimum Gasteiger partial charge on any atom is -0.496 e. The van der Waals surface area contributed by atoms with Crippen molar-refractivity contribution in [3.05, 3.63) is 47.5 Å². The Morgan fingerprint density at radius 1 is 0.818 bits per heavy atom. The van der Waals surface area contributed by atoms with Crippen molar-refractivity contribution in [2.45, 2.75) is 6.54 Å². The highest BCUT2D eigenvalue weighted by molar-refractivity contribution is 5.52. The molecular weight excluding hydrogens is 292 g/mol. The molecule has 0 fully saturated rings. The largest absolute Gasteiger partial charge is 0.496 e. The fourth-order valence-electron chi connectivity index (χ4n) is 2.03. The number of nitrogens with one attached hydrogen (secondary N) is 1. The maximum Gasteiger partial charge on any atom is 0.164 e. The van der Waals surface area contributed by atoms with Crippen molar-refractivity contribution in [2.24, 2.45) is 0 Å². The first-order valence-electron chi connectivity index (χ1n) is 6.56. The summed E-state index contributed by atoms with van der Waals surface area (Å²) in [6, 6.07) is 7.11. The molecular formula is C16H17F2NO3. The van der Waals surface area contributed by atoms with Crippen molar-refractivity contribution in [1.82, 2.24) is 0 Å². The molecule has 4 nitrogen and oxygen atoms in total. The van der Waals surface area contributed by atoms with E-state index in [9.17, 15) is 8.78 Å². The van der Waals surface area contributed by atoms with Gasteiger partial charge < -0.3 is 19.5 Å². The Morgan fingerprint density at radius 2 is 1.45 bits per heavy atom. The lowest BCUT2D eigenvalue weighted by atomic mass is 10.1. The van der Waals surface area contributed by atoms with Crippen LogP contribution in [-0.4, -0.2) is 21.3 Å². The molecule has 0 saturated carbocycles. The molecule has 0 amide bonds. The average Bonchev–Trinajstić information content (AvgIpc) is 2.55. The molecule has 0 spiro atoms. The molecule has 0 aliphatic rings. The summed E-state index contributed by atoms with van der Waals surface area (Å²) in [6.45, 7) is 0.356. The average molecular weight is 309 g/mol. The van der Waals surface area contributed by atoms with E-state index in [1.54, 1.807) is 19.2 Å². The maximum atomic E-state index is 13.2. The number of hydrogen-bond acceptors (Lipinski definition) is 4. The molecule has 0 aliphatic heterocycles. The summed E-state index contributed by atoms with van der Waals surface area (Å²) >= 11 is 0. The van der Waals surface area contributed by atoms with E-state index < -0.39 is 11.6 Å². The van der Waals surface area contributed by atoms with Gasteiger partial charge in [0.25, 0.3) is 0 Å². The molecule has 0 aliphatic carbocycles. The van der Waals surface area contributed by atoms with Gasteiger partial charge in [0, 0.05) is 29.9 Å². The second-order valence-electron chi connectivity index (χ2n) is 4.50. The van der Waals surface area contributed by atoms with Crippen molar-refractivity contribution >= 4 is 5.69 Å². The lowest BCUT2D eigenvalue weighted by Gasteiger charge is -2.15. The van der Waals surface area contributed by atoms with Crippen LogP contribution in [0.5, 0.6) is 17.2 Å². The van der Waals surface area contributed by atoms with Crippen LogP contribution in [0.4, 0.5) is 14.5 Å². The Morgan fingerprint density at radius 3 is 2.05 bits per heavy atom. The molecule has 0 saturated heterocycles. The molecule has 0 bridgehead atoms. The summed E-state index contributed by atoms with van der Waals surface area (Å²) in [6.07, 6.45) is 0. The van der Waals surface area contributed by atoms with Gasteiger partial charge in [0.1, 0.15) is 5.75 Å². The van der Waals surface area contributed by atoms with Gasteiger partial charge in [0.2, 0.25) is 0 Å². The number of anilines is 1. The van der Waals surface area contributed by atoms with Crippen LogP contribution in [0.25, 0.3) is 0 Å². The highest BCUT2D eigenvalue weighted by atomic mass is 19.2. The molecule has 2 aromatic rings. The van der Waals surface area contributed by atoms with E-state index in [4.69, 9.17) is 14.2 Å². The van der Waals surface area contributed by atoms with Gasteiger partial charge in [0.05, 0.1) is 21.3 Å². The summed E-state index contributed by atoms with van der Waals surface area (Å²) in [5, 5.41) is 3.01. The Kier molecular flexibility index (Phi) is 5.04. The van der Waals surface area contributed by atoms with Crippen LogP contribution in [0.1, 0.15) is 5.56 Å². The van der Waals surface area contributed by atoms with Gasteiger partial charge in [-0.15, -0.1) is 0 Å². The minimum absolute atomic E-state index is 0.356. The highest BCUT2D eigenvalue weighted by Crippen LogP contribution is 2.34. The second-order valence-corrected chi connectivity index (χ2v) is 4.50. The van der Waals surface area contributed by atoms with Crippen molar-refractivity contribution in [2.75, 3.05) is 26.6 Å². The fourth-order valence-corrected chi connectivity index (χ4v) is 2.03. The fraction of sp³-hybridized carbons (Fsp3) is 0.250. The third kappa shape index (κ3) is 3.39. The zero-order chi connectivity index (χ0) is 16.1. The summed E-state index contributed by atoms with van der Waals surface area (Å²) in [5.74, 6) is -0.0624. The normalized spacial score (nSPS) is 10.2. The SMILES string of the molecule is COc1cc(OC)c(OC)cc1CNc1ccc(F)c(F)c1. The molecule has 22 heavy (non-hydrogen) atoms. The van der Waals surface area contributed by atoms with Crippen molar-refractivity contribution in [1.29, 1.82) is 0 Å². The lowest BCUT2D eigenvalue weighted by molar-refractivity contribution is 0.347. The van der Waals surface area contributed by atoms with Crippen molar-refractivity contribution in [3.8, 4) is 17.2 Å². The third-order valence-electron chi connectivity index (χ3n) is 3.19. The molecule has 0 unspecified atom stereocenters. The second kappa shape index (κ2) is 6.98. The summed E-state index contributed by atoms with van der Waals surface area (Å²) in [7, 11) is 4.62. The first kappa shape index (κ1) is 15.9. The molecule has 0 atom stereocenters. The van der Waals surface area contributed by atoms with Crippen LogP contribution in [0, 0.1) is 11.6 Å². The van der Waals surface area contributed by atoms with Crippen LogP contribution in [0.2, 0.25) is 0 Å². The number of rotatable bonds is 6. The van der Waals surface area contributed by atoms with E-state index in [2.05, 4.69) is 5.32 Å². The number of halogens is 2. The first-order chi connectivity index (χ1) is 10.6. The standard InChI is InChI=1S/C16H17F2NO3/c1-20-14-8-16(22-3)15(21-2)6-10(14)9-19-11-4-5-12(17)13(18)7-11/h4-8,19H,9H2,1-3H3. The molecule has 118 valence electrons. The Balaban J connectivity index is 2.22.